The number of hydrogen-bond acceptors (Lipinski definition) is 3. The van der Waals surface area contributed by atoms with Crippen LogP contribution in [0.5, 0.6) is 0 Å². The number of fused-ring (bicyclic) bond motifs is 1. The van der Waals surface area contributed by atoms with E-state index in [0.717, 1.165) is 35.5 Å². The number of carbonyl (C=O) groups excluding carboxylic acids is 1. The van der Waals surface area contributed by atoms with E-state index < -0.39 is 0 Å². The SMILES string of the molecule is O=C(N[C@H]1CCCN(C2CCC2)C1)c1ccc2[nH]ncc2c1. The van der Waals surface area contributed by atoms with Crippen molar-refractivity contribution >= 4 is 16.8 Å². The van der Waals surface area contributed by atoms with E-state index in [9.17, 15) is 4.79 Å². The van der Waals surface area contributed by atoms with E-state index in [1.165, 1.54) is 32.2 Å². The van der Waals surface area contributed by atoms with E-state index >= 15 is 0 Å². The lowest BCUT2D eigenvalue weighted by atomic mass is 9.89. The molecule has 1 aliphatic heterocycles. The summed E-state index contributed by atoms with van der Waals surface area (Å²) in [4.78, 5) is 15.0. The van der Waals surface area contributed by atoms with Gasteiger partial charge in [-0.3, -0.25) is 14.8 Å². The third kappa shape index (κ3) is 2.61. The molecule has 0 radical (unpaired) electrons. The number of nitrogens with one attached hydrogen (secondary N) is 2. The van der Waals surface area contributed by atoms with Crippen molar-refractivity contribution in [2.75, 3.05) is 13.1 Å². The Kier molecular flexibility index (Phi) is 3.58. The summed E-state index contributed by atoms with van der Waals surface area (Å²) in [5, 5.41) is 11.1. The summed E-state index contributed by atoms with van der Waals surface area (Å²) in [6, 6.07) is 6.73. The number of nitrogens with zero attached hydrogens (tertiary/aromatic N) is 2. The van der Waals surface area contributed by atoms with Gasteiger partial charge in [0.25, 0.3) is 5.91 Å². The third-order valence-corrected chi connectivity index (χ3v) is 5.08. The molecule has 5 heteroatoms. The molecule has 2 fully saturated rings. The molecule has 2 heterocycles. The zero-order valence-corrected chi connectivity index (χ0v) is 12.7. The molecule has 1 aromatic heterocycles. The minimum atomic E-state index is 0.0311. The number of aromatic nitrogens is 2. The van der Waals surface area contributed by atoms with Crippen LogP contribution in [0.2, 0.25) is 0 Å². The second-order valence-electron chi connectivity index (χ2n) is 6.56. The Balaban J connectivity index is 1.42. The van der Waals surface area contributed by atoms with Crippen molar-refractivity contribution < 1.29 is 4.79 Å². The van der Waals surface area contributed by atoms with Crippen LogP contribution in [-0.2, 0) is 0 Å². The molecule has 116 valence electrons. The highest BCUT2D eigenvalue weighted by atomic mass is 16.1. The van der Waals surface area contributed by atoms with E-state index in [-0.39, 0.29) is 11.9 Å². The van der Waals surface area contributed by atoms with Crippen molar-refractivity contribution in [3.8, 4) is 0 Å². The molecule has 2 aliphatic rings. The minimum absolute atomic E-state index is 0.0311. The summed E-state index contributed by atoms with van der Waals surface area (Å²) in [7, 11) is 0. The number of aromatic amines is 1. The van der Waals surface area contributed by atoms with Crippen LogP contribution in [0.4, 0.5) is 0 Å². The molecule has 0 bridgehead atoms. The van der Waals surface area contributed by atoms with Crippen LogP contribution >= 0.6 is 0 Å². The normalized spacial score (nSPS) is 23.4. The number of carbonyl (C=O) groups is 1. The van der Waals surface area contributed by atoms with Crippen LogP contribution < -0.4 is 5.32 Å². The van der Waals surface area contributed by atoms with Gasteiger partial charge in [0.1, 0.15) is 0 Å². The highest BCUT2D eigenvalue weighted by Gasteiger charge is 2.30. The molecule has 5 nitrogen and oxygen atoms in total. The summed E-state index contributed by atoms with van der Waals surface area (Å²) in [5.41, 5.74) is 1.68. The number of hydrogen-bond donors (Lipinski definition) is 2. The number of H-pyrrole nitrogens is 1. The quantitative estimate of drug-likeness (QED) is 0.914. The van der Waals surface area contributed by atoms with Gasteiger partial charge < -0.3 is 5.32 Å². The first-order valence-corrected chi connectivity index (χ1v) is 8.27. The average Bonchev–Trinajstić information content (AvgIpc) is 2.93. The highest BCUT2D eigenvalue weighted by Crippen LogP contribution is 2.27. The van der Waals surface area contributed by atoms with Crippen molar-refractivity contribution in [1.29, 1.82) is 0 Å². The first-order valence-electron chi connectivity index (χ1n) is 8.27. The lowest BCUT2D eigenvalue weighted by molar-refractivity contribution is 0.0755. The molecule has 1 saturated heterocycles. The molecule has 22 heavy (non-hydrogen) atoms. The molecular formula is C17H22N4O. The van der Waals surface area contributed by atoms with E-state index in [1.807, 2.05) is 18.2 Å². The average molecular weight is 298 g/mol. The van der Waals surface area contributed by atoms with Crippen molar-refractivity contribution in [1.82, 2.24) is 20.4 Å². The first-order chi connectivity index (χ1) is 10.8. The topological polar surface area (TPSA) is 61.0 Å². The fraction of sp³-hybridized carbons (Fsp3) is 0.529. The molecule has 4 rings (SSSR count). The Morgan fingerprint density at radius 3 is 3.00 bits per heavy atom. The Labute approximate surface area is 130 Å². The molecule has 1 amide bonds. The second kappa shape index (κ2) is 5.72. The number of rotatable bonds is 3. The molecule has 1 atom stereocenters. The molecule has 0 unspecified atom stereocenters. The Morgan fingerprint density at radius 1 is 1.27 bits per heavy atom. The monoisotopic (exact) mass is 298 g/mol. The number of amides is 1. The van der Waals surface area contributed by atoms with Crippen molar-refractivity contribution in [2.24, 2.45) is 0 Å². The Hall–Kier alpha value is -1.88. The van der Waals surface area contributed by atoms with Crippen LogP contribution in [0.25, 0.3) is 10.9 Å². The van der Waals surface area contributed by atoms with Gasteiger partial charge in [-0.25, -0.2) is 0 Å². The van der Waals surface area contributed by atoms with Crippen LogP contribution in [0.3, 0.4) is 0 Å². The van der Waals surface area contributed by atoms with Gasteiger partial charge in [0.2, 0.25) is 0 Å². The first kappa shape index (κ1) is 13.8. The lowest BCUT2D eigenvalue weighted by Gasteiger charge is -2.42. The third-order valence-electron chi connectivity index (χ3n) is 5.08. The van der Waals surface area contributed by atoms with Gasteiger partial charge in [0.15, 0.2) is 0 Å². The molecule has 1 aromatic carbocycles. The van der Waals surface area contributed by atoms with Crippen LogP contribution in [-0.4, -0.2) is 46.2 Å². The summed E-state index contributed by atoms with van der Waals surface area (Å²) < 4.78 is 0. The molecule has 2 N–H and O–H groups in total. The predicted molar refractivity (Wildman–Crippen MR) is 85.8 cm³/mol. The van der Waals surface area contributed by atoms with E-state index in [2.05, 4.69) is 20.4 Å². The highest BCUT2D eigenvalue weighted by molar-refractivity contribution is 5.98. The van der Waals surface area contributed by atoms with Gasteiger partial charge in [-0.05, 0) is 50.4 Å². The fourth-order valence-corrected chi connectivity index (χ4v) is 3.56. The predicted octanol–water partition coefficient (Wildman–Crippen LogP) is 2.31. The smallest absolute Gasteiger partial charge is 0.251 e. The molecule has 2 aromatic rings. The van der Waals surface area contributed by atoms with Crippen molar-refractivity contribution in [2.45, 2.75) is 44.2 Å². The van der Waals surface area contributed by atoms with E-state index in [1.54, 1.807) is 6.20 Å². The van der Waals surface area contributed by atoms with Gasteiger partial charge in [-0.15, -0.1) is 0 Å². The van der Waals surface area contributed by atoms with Crippen molar-refractivity contribution in [3.63, 3.8) is 0 Å². The van der Waals surface area contributed by atoms with Gasteiger partial charge in [0.05, 0.1) is 11.7 Å². The molecule has 0 spiro atoms. The summed E-state index contributed by atoms with van der Waals surface area (Å²) in [5.74, 6) is 0.0311. The summed E-state index contributed by atoms with van der Waals surface area (Å²) in [6.07, 6.45) is 8.05. The maximum atomic E-state index is 12.5. The fourth-order valence-electron chi connectivity index (χ4n) is 3.56. The largest absolute Gasteiger partial charge is 0.348 e. The van der Waals surface area contributed by atoms with E-state index in [4.69, 9.17) is 0 Å². The number of piperidine rings is 1. The zero-order chi connectivity index (χ0) is 14.9. The maximum absolute atomic E-state index is 12.5. The minimum Gasteiger partial charge on any atom is -0.348 e. The summed E-state index contributed by atoms with van der Waals surface area (Å²) >= 11 is 0. The molecule has 1 saturated carbocycles. The summed E-state index contributed by atoms with van der Waals surface area (Å²) in [6.45, 7) is 2.20. The van der Waals surface area contributed by atoms with Crippen LogP contribution in [0.1, 0.15) is 42.5 Å². The second-order valence-corrected chi connectivity index (χ2v) is 6.56. The Morgan fingerprint density at radius 2 is 2.18 bits per heavy atom. The zero-order valence-electron chi connectivity index (χ0n) is 12.7. The molecular weight excluding hydrogens is 276 g/mol. The number of likely N-dealkylation sites (tertiary alicyclic amines) is 1. The van der Waals surface area contributed by atoms with Gasteiger partial charge in [0, 0.05) is 29.6 Å². The van der Waals surface area contributed by atoms with Gasteiger partial charge in [-0.1, -0.05) is 6.42 Å². The maximum Gasteiger partial charge on any atom is 0.251 e. The Bertz CT molecular complexity index is 676. The van der Waals surface area contributed by atoms with Gasteiger partial charge >= 0.3 is 0 Å². The lowest BCUT2D eigenvalue weighted by Crippen LogP contribution is -2.52. The van der Waals surface area contributed by atoms with Crippen LogP contribution in [0, 0.1) is 0 Å². The number of benzene rings is 1. The van der Waals surface area contributed by atoms with Crippen LogP contribution in [0.15, 0.2) is 24.4 Å². The molecule has 1 aliphatic carbocycles. The standard InChI is InChI=1S/C17H22N4O/c22-17(12-6-7-16-13(9-12)10-18-20-16)19-14-3-2-8-21(11-14)15-4-1-5-15/h6-7,9-10,14-15H,1-5,8,11H2,(H,18,20)(H,19,22)/t14-/m0/s1. The van der Waals surface area contributed by atoms with E-state index in [0.29, 0.717) is 0 Å². The van der Waals surface area contributed by atoms with Crippen molar-refractivity contribution in [3.05, 3.63) is 30.0 Å². The van der Waals surface area contributed by atoms with Gasteiger partial charge in [-0.2, -0.15) is 5.10 Å².